The van der Waals surface area contributed by atoms with Gasteiger partial charge in [0.2, 0.25) is 0 Å². The molecule has 0 aromatic heterocycles. The second-order valence-corrected chi connectivity index (χ2v) is 8.78. The molecule has 0 spiro atoms. The van der Waals surface area contributed by atoms with Gasteiger partial charge < -0.3 is 9.64 Å². The van der Waals surface area contributed by atoms with Gasteiger partial charge in [-0.1, -0.05) is 18.2 Å². The monoisotopic (exact) mass is 442 g/mol. The largest absolute Gasteiger partial charge is 0.497 e. The standard InChI is InChI=1S/C23H23FN2O4S/c1-16-7-8-18(23(27)26(2)15-17-5-4-6-19(24)13-17)14-22(16)25-31(28,29)21-11-9-20(30-3)10-12-21/h4-14,25H,15H2,1-3H3. The number of anilines is 1. The molecule has 0 atom stereocenters. The Hall–Kier alpha value is -3.39. The fourth-order valence-corrected chi connectivity index (χ4v) is 4.15. The van der Waals surface area contributed by atoms with Crippen LogP contribution in [0.1, 0.15) is 21.5 Å². The average Bonchev–Trinajstić information content (AvgIpc) is 2.74. The molecule has 0 fully saturated rings. The number of nitrogens with zero attached hydrogens (tertiary/aromatic N) is 1. The highest BCUT2D eigenvalue weighted by atomic mass is 32.2. The summed E-state index contributed by atoms with van der Waals surface area (Å²) in [6.07, 6.45) is 0. The van der Waals surface area contributed by atoms with Gasteiger partial charge in [0, 0.05) is 19.2 Å². The van der Waals surface area contributed by atoms with Gasteiger partial charge in [-0.2, -0.15) is 0 Å². The summed E-state index contributed by atoms with van der Waals surface area (Å²) in [7, 11) is -0.745. The van der Waals surface area contributed by atoms with Crippen LogP contribution in [-0.4, -0.2) is 33.4 Å². The highest BCUT2D eigenvalue weighted by Gasteiger charge is 2.18. The molecule has 0 aliphatic heterocycles. The second-order valence-electron chi connectivity index (χ2n) is 7.10. The Balaban J connectivity index is 1.81. The zero-order valence-corrected chi connectivity index (χ0v) is 18.2. The number of amides is 1. The van der Waals surface area contributed by atoms with Crippen molar-refractivity contribution in [2.45, 2.75) is 18.4 Å². The van der Waals surface area contributed by atoms with Crippen LogP contribution in [0, 0.1) is 12.7 Å². The van der Waals surface area contributed by atoms with Crippen LogP contribution in [0.3, 0.4) is 0 Å². The van der Waals surface area contributed by atoms with Crippen LogP contribution in [0.25, 0.3) is 0 Å². The smallest absolute Gasteiger partial charge is 0.261 e. The summed E-state index contributed by atoms with van der Waals surface area (Å²) in [5, 5.41) is 0. The number of sulfonamides is 1. The van der Waals surface area contributed by atoms with E-state index in [-0.39, 0.29) is 23.2 Å². The lowest BCUT2D eigenvalue weighted by Gasteiger charge is -2.19. The molecule has 3 rings (SSSR count). The SMILES string of the molecule is COc1ccc(S(=O)(=O)Nc2cc(C(=O)N(C)Cc3cccc(F)c3)ccc2C)cc1. The quantitative estimate of drug-likeness (QED) is 0.595. The first kappa shape index (κ1) is 22.3. The number of hydrogen-bond acceptors (Lipinski definition) is 4. The van der Waals surface area contributed by atoms with Crippen LogP contribution in [0.15, 0.2) is 71.6 Å². The zero-order chi connectivity index (χ0) is 22.6. The maximum Gasteiger partial charge on any atom is 0.261 e. The third-order valence-electron chi connectivity index (χ3n) is 4.75. The lowest BCUT2D eigenvalue weighted by Crippen LogP contribution is -2.26. The Morgan fingerprint density at radius 3 is 2.42 bits per heavy atom. The van der Waals surface area contributed by atoms with E-state index in [0.29, 0.717) is 28.1 Å². The van der Waals surface area contributed by atoms with E-state index in [1.165, 1.54) is 42.3 Å². The van der Waals surface area contributed by atoms with Crippen molar-refractivity contribution in [3.63, 3.8) is 0 Å². The predicted molar refractivity (Wildman–Crippen MR) is 117 cm³/mol. The molecule has 8 heteroatoms. The predicted octanol–water partition coefficient (Wildman–Crippen LogP) is 4.22. The molecule has 3 aromatic rings. The molecule has 3 aromatic carbocycles. The molecular formula is C23H23FN2O4S. The molecular weight excluding hydrogens is 419 g/mol. The maximum absolute atomic E-state index is 13.4. The Morgan fingerprint density at radius 2 is 1.77 bits per heavy atom. The highest BCUT2D eigenvalue weighted by molar-refractivity contribution is 7.92. The van der Waals surface area contributed by atoms with Crippen molar-refractivity contribution >= 4 is 21.6 Å². The van der Waals surface area contributed by atoms with Gasteiger partial charge in [-0.05, 0) is 66.6 Å². The van der Waals surface area contributed by atoms with Crippen LogP contribution < -0.4 is 9.46 Å². The van der Waals surface area contributed by atoms with E-state index in [9.17, 15) is 17.6 Å². The first-order valence-corrected chi connectivity index (χ1v) is 11.0. The van der Waals surface area contributed by atoms with Crippen LogP contribution in [0.2, 0.25) is 0 Å². The lowest BCUT2D eigenvalue weighted by atomic mass is 10.1. The Labute approximate surface area is 181 Å². The third-order valence-corrected chi connectivity index (χ3v) is 6.14. The van der Waals surface area contributed by atoms with E-state index in [2.05, 4.69) is 4.72 Å². The van der Waals surface area contributed by atoms with Gasteiger partial charge in [0.05, 0.1) is 17.7 Å². The number of aryl methyl sites for hydroxylation is 1. The van der Waals surface area contributed by atoms with E-state index >= 15 is 0 Å². The van der Waals surface area contributed by atoms with E-state index in [0.717, 1.165) is 0 Å². The zero-order valence-electron chi connectivity index (χ0n) is 17.4. The maximum atomic E-state index is 13.4. The Morgan fingerprint density at radius 1 is 1.06 bits per heavy atom. The van der Waals surface area contributed by atoms with E-state index in [4.69, 9.17) is 4.74 Å². The molecule has 0 saturated heterocycles. The van der Waals surface area contributed by atoms with Gasteiger partial charge in [-0.25, -0.2) is 12.8 Å². The summed E-state index contributed by atoms with van der Waals surface area (Å²) >= 11 is 0. The first-order chi connectivity index (χ1) is 14.7. The molecule has 0 radical (unpaired) electrons. The molecule has 162 valence electrons. The Kier molecular flexibility index (Phi) is 6.60. The molecule has 0 saturated carbocycles. The number of rotatable bonds is 7. The van der Waals surface area contributed by atoms with Crippen molar-refractivity contribution in [1.29, 1.82) is 0 Å². The van der Waals surface area contributed by atoms with Crippen molar-refractivity contribution in [3.05, 3.63) is 89.2 Å². The van der Waals surface area contributed by atoms with Crippen LogP contribution in [0.4, 0.5) is 10.1 Å². The number of nitrogens with one attached hydrogen (secondary N) is 1. The van der Waals surface area contributed by atoms with Gasteiger partial charge in [0.25, 0.3) is 15.9 Å². The van der Waals surface area contributed by atoms with E-state index in [1.807, 2.05) is 0 Å². The minimum absolute atomic E-state index is 0.0765. The lowest BCUT2D eigenvalue weighted by molar-refractivity contribution is 0.0785. The normalized spacial score (nSPS) is 11.1. The van der Waals surface area contributed by atoms with Gasteiger partial charge in [-0.3, -0.25) is 9.52 Å². The number of methoxy groups -OCH3 is 1. The molecule has 0 aliphatic rings. The fourth-order valence-electron chi connectivity index (χ4n) is 3.02. The van der Waals surface area contributed by atoms with Crippen LogP contribution >= 0.6 is 0 Å². The average molecular weight is 443 g/mol. The molecule has 31 heavy (non-hydrogen) atoms. The Bertz CT molecular complexity index is 1190. The minimum atomic E-state index is -3.85. The number of halogens is 1. The van der Waals surface area contributed by atoms with Crippen molar-refractivity contribution in [2.75, 3.05) is 18.9 Å². The summed E-state index contributed by atoms with van der Waals surface area (Å²) in [5.74, 6) is -0.137. The van der Waals surface area contributed by atoms with Gasteiger partial charge in [0.1, 0.15) is 11.6 Å². The molecule has 0 heterocycles. The fraction of sp³-hybridized carbons (Fsp3) is 0.174. The first-order valence-electron chi connectivity index (χ1n) is 9.47. The summed E-state index contributed by atoms with van der Waals surface area (Å²) < 4.78 is 46.5. The van der Waals surface area contributed by atoms with Gasteiger partial charge >= 0.3 is 0 Å². The topological polar surface area (TPSA) is 75.7 Å². The van der Waals surface area contributed by atoms with Gasteiger partial charge in [0.15, 0.2) is 0 Å². The van der Waals surface area contributed by atoms with Crippen molar-refractivity contribution in [2.24, 2.45) is 0 Å². The molecule has 1 amide bonds. The molecule has 6 nitrogen and oxygen atoms in total. The summed E-state index contributed by atoms with van der Waals surface area (Å²) in [5.41, 5.74) is 1.95. The van der Waals surface area contributed by atoms with E-state index < -0.39 is 10.0 Å². The number of hydrogen-bond donors (Lipinski definition) is 1. The molecule has 0 bridgehead atoms. The van der Waals surface area contributed by atoms with Crippen LogP contribution in [-0.2, 0) is 16.6 Å². The molecule has 0 unspecified atom stereocenters. The van der Waals surface area contributed by atoms with Crippen molar-refractivity contribution < 1.29 is 22.3 Å². The number of benzene rings is 3. The van der Waals surface area contributed by atoms with Gasteiger partial charge in [-0.15, -0.1) is 0 Å². The number of carbonyl (C=O) groups is 1. The number of carbonyl (C=O) groups excluding carboxylic acids is 1. The summed E-state index contributed by atoms with van der Waals surface area (Å²) in [4.78, 5) is 14.4. The minimum Gasteiger partial charge on any atom is -0.497 e. The molecule has 0 aliphatic carbocycles. The van der Waals surface area contributed by atoms with Crippen LogP contribution in [0.5, 0.6) is 5.75 Å². The van der Waals surface area contributed by atoms with Crippen molar-refractivity contribution in [1.82, 2.24) is 4.90 Å². The van der Waals surface area contributed by atoms with Crippen molar-refractivity contribution in [3.8, 4) is 5.75 Å². The van der Waals surface area contributed by atoms with E-state index in [1.54, 1.807) is 50.4 Å². The number of ether oxygens (including phenoxy) is 1. The highest BCUT2D eigenvalue weighted by Crippen LogP contribution is 2.23. The molecule has 1 N–H and O–H groups in total. The second kappa shape index (κ2) is 9.18. The summed E-state index contributed by atoms with van der Waals surface area (Å²) in [6.45, 7) is 1.97. The third kappa shape index (κ3) is 5.40. The summed E-state index contributed by atoms with van der Waals surface area (Å²) in [6, 6.07) is 16.8.